The summed E-state index contributed by atoms with van der Waals surface area (Å²) < 4.78 is 0. The number of aromatic nitrogens is 1. The van der Waals surface area contributed by atoms with Crippen LogP contribution in [0.5, 0.6) is 0 Å². The van der Waals surface area contributed by atoms with E-state index in [9.17, 15) is 9.59 Å². The summed E-state index contributed by atoms with van der Waals surface area (Å²) in [5.74, 6) is 0.463. The lowest BCUT2D eigenvalue weighted by molar-refractivity contribution is -0.126. The smallest absolute Gasteiger partial charge is 0.270 e. The van der Waals surface area contributed by atoms with Crippen LogP contribution in [0.3, 0.4) is 0 Å². The van der Waals surface area contributed by atoms with Crippen LogP contribution < -0.4 is 5.32 Å². The van der Waals surface area contributed by atoms with E-state index in [0.717, 1.165) is 36.7 Å². The number of carbonyl (C=O) groups is 2. The molecule has 1 saturated heterocycles. The molecule has 0 radical (unpaired) electrons. The van der Waals surface area contributed by atoms with Crippen LogP contribution in [0.4, 0.5) is 0 Å². The van der Waals surface area contributed by atoms with Gasteiger partial charge in [0.25, 0.3) is 5.91 Å². The van der Waals surface area contributed by atoms with E-state index < -0.39 is 0 Å². The third-order valence-corrected chi connectivity index (χ3v) is 7.13. The van der Waals surface area contributed by atoms with Crippen LogP contribution in [0.1, 0.15) is 62.4 Å². The molecule has 2 aliphatic rings. The van der Waals surface area contributed by atoms with Crippen LogP contribution in [0.2, 0.25) is 5.02 Å². The third kappa shape index (κ3) is 5.32. The predicted octanol–water partition coefficient (Wildman–Crippen LogP) is 5.32. The number of benzene rings is 1. The standard InChI is InChI=1S/C25H32ClN3O2/c1-17(24(30)27-12-9-18-5-3-2-4-6-18)19-10-13-29(14-11-19)25(31)23-16-20-15-21(26)7-8-22(20)28-23/h5,7-8,15-17,19,28H,2-4,6,9-14H2,1H3,(H,27,30)/t17-/m0/s1. The molecule has 1 aliphatic carbocycles. The number of hydrogen-bond acceptors (Lipinski definition) is 2. The average molecular weight is 442 g/mol. The van der Waals surface area contributed by atoms with Crippen molar-refractivity contribution in [3.8, 4) is 0 Å². The van der Waals surface area contributed by atoms with Crippen molar-refractivity contribution in [2.24, 2.45) is 11.8 Å². The van der Waals surface area contributed by atoms with Gasteiger partial charge in [-0.1, -0.05) is 30.2 Å². The number of nitrogens with one attached hydrogen (secondary N) is 2. The van der Waals surface area contributed by atoms with E-state index in [1.54, 1.807) is 0 Å². The van der Waals surface area contributed by atoms with E-state index in [1.807, 2.05) is 36.1 Å². The number of H-pyrrole nitrogens is 1. The summed E-state index contributed by atoms with van der Waals surface area (Å²) in [5, 5.41) is 4.74. The van der Waals surface area contributed by atoms with Gasteiger partial charge < -0.3 is 15.2 Å². The van der Waals surface area contributed by atoms with Gasteiger partial charge in [-0.05, 0) is 75.1 Å². The van der Waals surface area contributed by atoms with Gasteiger partial charge in [0, 0.05) is 41.5 Å². The number of rotatable bonds is 6. The molecular formula is C25H32ClN3O2. The molecule has 5 nitrogen and oxygen atoms in total. The number of aromatic amines is 1. The molecule has 6 heteroatoms. The first-order valence-corrected chi connectivity index (χ1v) is 11.9. The minimum absolute atomic E-state index is 0.0173. The van der Waals surface area contributed by atoms with Gasteiger partial charge in [-0.25, -0.2) is 0 Å². The minimum Gasteiger partial charge on any atom is -0.356 e. The third-order valence-electron chi connectivity index (χ3n) is 6.89. The van der Waals surface area contributed by atoms with Gasteiger partial charge in [0.2, 0.25) is 5.91 Å². The minimum atomic E-state index is -0.0206. The number of carbonyl (C=O) groups excluding carboxylic acids is 2. The van der Waals surface area contributed by atoms with E-state index in [-0.39, 0.29) is 17.7 Å². The van der Waals surface area contributed by atoms with E-state index in [0.29, 0.717) is 29.7 Å². The van der Waals surface area contributed by atoms with Crippen molar-refractivity contribution in [3.05, 3.63) is 46.6 Å². The fourth-order valence-corrected chi connectivity index (χ4v) is 5.03. The molecule has 1 aromatic carbocycles. The first-order valence-electron chi connectivity index (χ1n) is 11.5. The summed E-state index contributed by atoms with van der Waals surface area (Å²) in [5.41, 5.74) is 3.00. The number of halogens is 1. The number of piperidine rings is 1. The lowest BCUT2D eigenvalue weighted by Crippen LogP contribution is -2.43. The molecule has 0 unspecified atom stereocenters. The van der Waals surface area contributed by atoms with E-state index in [4.69, 9.17) is 11.6 Å². The maximum atomic E-state index is 12.9. The van der Waals surface area contributed by atoms with Gasteiger partial charge in [0.15, 0.2) is 0 Å². The van der Waals surface area contributed by atoms with E-state index in [2.05, 4.69) is 16.4 Å². The van der Waals surface area contributed by atoms with Crippen molar-refractivity contribution < 1.29 is 9.59 Å². The molecule has 2 amide bonds. The Morgan fingerprint density at radius 3 is 2.77 bits per heavy atom. The quantitative estimate of drug-likeness (QED) is 0.596. The van der Waals surface area contributed by atoms with Crippen molar-refractivity contribution >= 4 is 34.3 Å². The van der Waals surface area contributed by atoms with Crippen molar-refractivity contribution in [1.29, 1.82) is 0 Å². The maximum absolute atomic E-state index is 12.9. The highest BCUT2D eigenvalue weighted by Crippen LogP contribution is 2.27. The van der Waals surface area contributed by atoms with E-state index in [1.165, 1.54) is 31.3 Å². The summed E-state index contributed by atoms with van der Waals surface area (Å²) in [7, 11) is 0. The molecule has 1 atom stereocenters. The Labute approximate surface area is 189 Å². The number of fused-ring (bicyclic) bond motifs is 1. The molecule has 0 spiro atoms. The van der Waals surface area contributed by atoms with Gasteiger partial charge in [0.05, 0.1) is 0 Å². The zero-order valence-corrected chi connectivity index (χ0v) is 19.0. The molecule has 31 heavy (non-hydrogen) atoms. The Hall–Kier alpha value is -2.27. The molecule has 4 rings (SSSR count). The highest BCUT2D eigenvalue weighted by Gasteiger charge is 2.30. The summed E-state index contributed by atoms with van der Waals surface area (Å²) in [6.07, 6.45) is 9.97. The first-order chi connectivity index (χ1) is 15.0. The summed E-state index contributed by atoms with van der Waals surface area (Å²) in [6.45, 7) is 4.13. The highest BCUT2D eigenvalue weighted by atomic mass is 35.5. The van der Waals surface area contributed by atoms with Crippen LogP contribution in [0, 0.1) is 11.8 Å². The maximum Gasteiger partial charge on any atom is 0.270 e. The fourth-order valence-electron chi connectivity index (χ4n) is 4.84. The second-order valence-corrected chi connectivity index (χ2v) is 9.42. The van der Waals surface area contributed by atoms with Crippen LogP contribution in [0.25, 0.3) is 10.9 Å². The second kappa shape index (κ2) is 9.90. The van der Waals surface area contributed by atoms with Gasteiger partial charge in [-0.3, -0.25) is 9.59 Å². The lowest BCUT2D eigenvalue weighted by Gasteiger charge is -2.34. The Bertz CT molecular complexity index is 972. The molecule has 1 aliphatic heterocycles. The molecule has 2 aromatic rings. The Kier molecular flexibility index (Phi) is 7.01. The van der Waals surface area contributed by atoms with E-state index >= 15 is 0 Å². The lowest BCUT2D eigenvalue weighted by atomic mass is 9.84. The SMILES string of the molecule is C[C@H](C(=O)NCCC1=CCCCC1)C1CCN(C(=O)c2cc3cc(Cl)ccc3[nH]2)CC1. The zero-order chi connectivity index (χ0) is 21.8. The molecule has 0 bridgehead atoms. The first kappa shape index (κ1) is 21.9. The summed E-state index contributed by atoms with van der Waals surface area (Å²) in [6, 6.07) is 7.44. The average Bonchev–Trinajstić information content (AvgIpc) is 3.22. The predicted molar refractivity (Wildman–Crippen MR) is 125 cm³/mol. The number of nitrogens with zero attached hydrogens (tertiary/aromatic N) is 1. The number of likely N-dealkylation sites (tertiary alicyclic amines) is 1. The molecular weight excluding hydrogens is 410 g/mol. The van der Waals surface area contributed by atoms with Gasteiger partial charge >= 0.3 is 0 Å². The summed E-state index contributed by atoms with van der Waals surface area (Å²) in [4.78, 5) is 30.6. The molecule has 1 aromatic heterocycles. The van der Waals surface area contributed by atoms with Crippen LogP contribution in [0.15, 0.2) is 35.9 Å². The van der Waals surface area contributed by atoms with Crippen LogP contribution >= 0.6 is 11.6 Å². The fraction of sp³-hybridized carbons (Fsp3) is 0.520. The monoisotopic (exact) mass is 441 g/mol. The van der Waals surface area contributed by atoms with Gasteiger partial charge in [-0.2, -0.15) is 0 Å². The van der Waals surface area contributed by atoms with Crippen LogP contribution in [-0.4, -0.2) is 41.3 Å². The number of hydrogen-bond donors (Lipinski definition) is 2. The molecule has 1 fully saturated rings. The topological polar surface area (TPSA) is 65.2 Å². The Morgan fingerprint density at radius 2 is 2.03 bits per heavy atom. The summed E-state index contributed by atoms with van der Waals surface area (Å²) >= 11 is 6.05. The Balaban J connectivity index is 1.25. The highest BCUT2D eigenvalue weighted by molar-refractivity contribution is 6.31. The van der Waals surface area contributed by atoms with Crippen molar-refractivity contribution in [1.82, 2.24) is 15.2 Å². The largest absolute Gasteiger partial charge is 0.356 e. The van der Waals surface area contributed by atoms with Crippen LogP contribution in [-0.2, 0) is 4.79 Å². The normalized spacial score (nSPS) is 18.6. The molecule has 166 valence electrons. The second-order valence-electron chi connectivity index (χ2n) is 8.98. The zero-order valence-electron chi connectivity index (χ0n) is 18.3. The Morgan fingerprint density at radius 1 is 1.23 bits per heavy atom. The van der Waals surface area contributed by atoms with Crippen molar-refractivity contribution in [2.75, 3.05) is 19.6 Å². The van der Waals surface area contributed by atoms with Gasteiger partial charge in [0.1, 0.15) is 5.69 Å². The molecule has 0 saturated carbocycles. The molecule has 2 N–H and O–H groups in total. The molecule has 2 heterocycles. The van der Waals surface area contributed by atoms with Gasteiger partial charge in [-0.15, -0.1) is 0 Å². The number of allylic oxidation sites excluding steroid dienone is 1. The number of amides is 2. The van der Waals surface area contributed by atoms with Crippen molar-refractivity contribution in [3.63, 3.8) is 0 Å². The van der Waals surface area contributed by atoms with Crippen molar-refractivity contribution in [2.45, 2.75) is 51.9 Å².